The third-order valence-corrected chi connectivity index (χ3v) is 4.31. The van der Waals surface area contributed by atoms with Crippen LogP contribution >= 0.6 is 0 Å². The van der Waals surface area contributed by atoms with Crippen molar-refractivity contribution in [2.75, 3.05) is 0 Å². The molecule has 1 aliphatic carbocycles. The highest BCUT2D eigenvalue weighted by Crippen LogP contribution is 2.23. The molecule has 1 aliphatic rings. The van der Waals surface area contributed by atoms with Crippen molar-refractivity contribution in [3.63, 3.8) is 0 Å². The van der Waals surface area contributed by atoms with Crippen molar-refractivity contribution in [3.05, 3.63) is 59.8 Å². The molecule has 0 saturated heterocycles. The van der Waals surface area contributed by atoms with Gasteiger partial charge in [-0.2, -0.15) is 0 Å². The molecule has 1 aromatic heterocycles. The Morgan fingerprint density at radius 2 is 1.96 bits per heavy atom. The van der Waals surface area contributed by atoms with E-state index >= 15 is 0 Å². The molecule has 3 N–H and O–H groups in total. The third-order valence-electron chi connectivity index (χ3n) is 4.31. The minimum Gasteiger partial charge on any atom is -0.474 e. The van der Waals surface area contributed by atoms with E-state index in [0.717, 1.165) is 24.0 Å². The molecule has 5 nitrogen and oxygen atoms in total. The molecule has 3 rings (SSSR count). The highest BCUT2D eigenvalue weighted by Gasteiger charge is 2.18. The first kappa shape index (κ1) is 16.5. The Bertz CT molecular complexity index is 652. The van der Waals surface area contributed by atoms with E-state index in [4.69, 9.17) is 10.5 Å². The van der Waals surface area contributed by atoms with Crippen LogP contribution in [0.25, 0.3) is 0 Å². The quantitative estimate of drug-likeness (QED) is 0.820. The summed E-state index contributed by atoms with van der Waals surface area (Å²) in [7, 11) is 0. The monoisotopic (exact) mass is 325 g/mol. The fourth-order valence-corrected chi connectivity index (χ4v) is 3.01. The van der Waals surface area contributed by atoms with Crippen molar-refractivity contribution in [3.8, 4) is 5.88 Å². The second kappa shape index (κ2) is 7.93. The van der Waals surface area contributed by atoms with Crippen LogP contribution in [0.3, 0.4) is 0 Å². The van der Waals surface area contributed by atoms with E-state index in [2.05, 4.69) is 10.3 Å². The summed E-state index contributed by atoms with van der Waals surface area (Å²) in [4.78, 5) is 16.1. The van der Waals surface area contributed by atoms with Gasteiger partial charge >= 0.3 is 0 Å². The van der Waals surface area contributed by atoms with E-state index in [0.29, 0.717) is 18.5 Å². The average Bonchev–Trinajstić information content (AvgIpc) is 3.10. The summed E-state index contributed by atoms with van der Waals surface area (Å²) in [5.41, 5.74) is 7.35. The zero-order chi connectivity index (χ0) is 16.8. The van der Waals surface area contributed by atoms with Gasteiger partial charge in [0.25, 0.3) is 0 Å². The van der Waals surface area contributed by atoms with E-state index in [-0.39, 0.29) is 0 Å². The van der Waals surface area contributed by atoms with Gasteiger partial charge < -0.3 is 10.5 Å². The Hall–Kier alpha value is -2.40. The number of primary amides is 1. The van der Waals surface area contributed by atoms with E-state index in [1.807, 2.05) is 42.5 Å². The number of carbonyl (C=O) groups excluding carboxylic acids is 1. The lowest BCUT2D eigenvalue weighted by Crippen LogP contribution is -2.33. The predicted molar refractivity (Wildman–Crippen MR) is 92.3 cm³/mol. The molecule has 0 unspecified atom stereocenters. The van der Waals surface area contributed by atoms with Gasteiger partial charge in [0, 0.05) is 18.8 Å². The number of nitrogens with two attached hydrogens (primary N) is 1. The van der Waals surface area contributed by atoms with Crippen LogP contribution in [0.5, 0.6) is 5.88 Å². The molecule has 24 heavy (non-hydrogen) atoms. The van der Waals surface area contributed by atoms with Crippen molar-refractivity contribution >= 4 is 5.91 Å². The van der Waals surface area contributed by atoms with Crippen LogP contribution in [-0.4, -0.2) is 17.0 Å². The average molecular weight is 325 g/mol. The minimum atomic E-state index is -0.513. The van der Waals surface area contributed by atoms with Gasteiger partial charge in [0.05, 0.1) is 0 Å². The van der Waals surface area contributed by atoms with Gasteiger partial charge in [0.15, 0.2) is 0 Å². The van der Waals surface area contributed by atoms with Gasteiger partial charge in [0.2, 0.25) is 11.8 Å². The minimum absolute atomic E-state index is 0.304. The molecular weight excluding hydrogens is 302 g/mol. The van der Waals surface area contributed by atoms with Gasteiger partial charge in [-0.3, -0.25) is 10.1 Å². The third kappa shape index (κ3) is 4.32. The zero-order valence-electron chi connectivity index (χ0n) is 13.7. The first-order chi connectivity index (χ1) is 11.7. The molecule has 1 aromatic carbocycles. The molecule has 1 atom stereocenters. The maximum atomic E-state index is 11.7. The summed E-state index contributed by atoms with van der Waals surface area (Å²) >= 11 is 0. The number of hydrogen-bond acceptors (Lipinski definition) is 4. The number of benzene rings is 1. The second-order valence-corrected chi connectivity index (χ2v) is 6.16. The van der Waals surface area contributed by atoms with Gasteiger partial charge in [-0.1, -0.05) is 36.4 Å². The Kier molecular flexibility index (Phi) is 5.43. The van der Waals surface area contributed by atoms with Gasteiger partial charge in [0.1, 0.15) is 12.1 Å². The number of carbonyl (C=O) groups is 1. The maximum Gasteiger partial charge on any atom is 0.239 e. The van der Waals surface area contributed by atoms with Crippen LogP contribution in [0.15, 0.2) is 48.7 Å². The Morgan fingerprint density at radius 1 is 1.21 bits per heavy atom. The SMILES string of the molecule is NC(=O)[C@H](NCc1ccc(OC2CCCC2)nc1)c1ccccc1. The number of rotatable bonds is 7. The fraction of sp³-hybridized carbons (Fsp3) is 0.368. The van der Waals surface area contributed by atoms with Crippen LogP contribution in [0.1, 0.15) is 42.9 Å². The molecule has 2 aromatic rings. The van der Waals surface area contributed by atoms with E-state index in [1.54, 1.807) is 6.20 Å². The molecule has 1 fully saturated rings. The van der Waals surface area contributed by atoms with Crippen molar-refractivity contribution in [2.24, 2.45) is 5.73 Å². The smallest absolute Gasteiger partial charge is 0.239 e. The standard InChI is InChI=1S/C19H23N3O2/c20-19(23)18(15-6-2-1-3-7-15)22-13-14-10-11-17(21-12-14)24-16-8-4-5-9-16/h1-3,6-7,10-12,16,18,22H,4-5,8-9,13H2,(H2,20,23)/t18-/m1/s1. The lowest BCUT2D eigenvalue weighted by Gasteiger charge is -2.16. The summed E-state index contributed by atoms with van der Waals surface area (Å²) in [6.07, 6.45) is 6.78. The number of ether oxygens (including phenoxy) is 1. The molecular formula is C19H23N3O2. The number of pyridine rings is 1. The van der Waals surface area contributed by atoms with Crippen LogP contribution in [0.4, 0.5) is 0 Å². The van der Waals surface area contributed by atoms with Crippen molar-refractivity contribution in [2.45, 2.75) is 44.4 Å². The molecule has 0 radical (unpaired) electrons. The molecule has 0 aliphatic heterocycles. The first-order valence-electron chi connectivity index (χ1n) is 8.41. The summed E-state index contributed by atoms with van der Waals surface area (Å²) in [5.74, 6) is 0.274. The summed E-state index contributed by atoms with van der Waals surface area (Å²) in [5, 5.41) is 3.19. The highest BCUT2D eigenvalue weighted by molar-refractivity contribution is 5.81. The van der Waals surface area contributed by atoms with Gasteiger partial charge in [-0.15, -0.1) is 0 Å². The fourth-order valence-electron chi connectivity index (χ4n) is 3.01. The number of nitrogens with zero attached hydrogens (tertiary/aromatic N) is 1. The lowest BCUT2D eigenvalue weighted by molar-refractivity contribution is -0.120. The molecule has 1 amide bonds. The van der Waals surface area contributed by atoms with Gasteiger partial charge in [-0.25, -0.2) is 4.98 Å². The Morgan fingerprint density at radius 3 is 2.58 bits per heavy atom. The number of nitrogens with one attached hydrogen (secondary N) is 1. The predicted octanol–water partition coefficient (Wildman–Crippen LogP) is 2.72. The Balaban J connectivity index is 1.57. The zero-order valence-corrected chi connectivity index (χ0v) is 13.7. The topological polar surface area (TPSA) is 77.2 Å². The van der Waals surface area contributed by atoms with Crippen LogP contribution in [-0.2, 0) is 11.3 Å². The molecule has 1 saturated carbocycles. The number of amides is 1. The normalized spacial score (nSPS) is 16.0. The van der Waals surface area contributed by atoms with Crippen LogP contribution in [0, 0.1) is 0 Å². The number of aromatic nitrogens is 1. The molecule has 126 valence electrons. The second-order valence-electron chi connectivity index (χ2n) is 6.16. The van der Waals surface area contributed by atoms with Crippen molar-refractivity contribution < 1.29 is 9.53 Å². The summed E-state index contributed by atoms with van der Waals surface area (Å²) in [6, 6.07) is 12.8. The highest BCUT2D eigenvalue weighted by atomic mass is 16.5. The van der Waals surface area contributed by atoms with E-state index in [1.165, 1.54) is 12.8 Å². The van der Waals surface area contributed by atoms with E-state index < -0.39 is 11.9 Å². The number of hydrogen-bond donors (Lipinski definition) is 2. The molecule has 0 bridgehead atoms. The first-order valence-corrected chi connectivity index (χ1v) is 8.41. The molecule has 5 heteroatoms. The van der Waals surface area contributed by atoms with Gasteiger partial charge in [-0.05, 0) is 36.8 Å². The van der Waals surface area contributed by atoms with Crippen LogP contribution < -0.4 is 15.8 Å². The summed E-state index contributed by atoms with van der Waals surface area (Å²) < 4.78 is 5.86. The van der Waals surface area contributed by atoms with Crippen molar-refractivity contribution in [1.29, 1.82) is 0 Å². The molecule has 1 heterocycles. The van der Waals surface area contributed by atoms with E-state index in [9.17, 15) is 4.79 Å². The van der Waals surface area contributed by atoms with Crippen LogP contribution in [0.2, 0.25) is 0 Å². The molecule has 0 spiro atoms. The van der Waals surface area contributed by atoms with Crippen molar-refractivity contribution in [1.82, 2.24) is 10.3 Å². The lowest BCUT2D eigenvalue weighted by atomic mass is 10.1. The maximum absolute atomic E-state index is 11.7. The summed E-state index contributed by atoms with van der Waals surface area (Å²) in [6.45, 7) is 0.513. The largest absolute Gasteiger partial charge is 0.474 e. The Labute approximate surface area is 142 Å².